The predicted molar refractivity (Wildman–Crippen MR) is 77.8 cm³/mol. The summed E-state index contributed by atoms with van der Waals surface area (Å²) in [5.41, 5.74) is 2.63. The number of hydrogen-bond donors (Lipinski definition) is 0. The van der Waals surface area contributed by atoms with Gasteiger partial charge < -0.3 is 0 Å². The number of nitrogens with zero attached hydrogens (tertiary/aromatic N) is 1. The highest BCUT2D eigenvalue weighted by Crippen LogP contribution is 2.15. The molecule has 0 bridgehead atoms. The third-order valence-corrected chi connectivity index (χ3v) is 2.01. The monoisotopic (exact) mass is 243 g/mol. The first-order valence-corrected chi connectivity index (χ1v) is 6.37. The van der Waals surface area contributed by atoms with E-state index < -0.39 is 0 Å². The van der Waals surface area contributed by atoms with E-state index in [-0.39, 0.29) is 0 Å². The van der Waals surface area contributed by atoms with Gasteiger partial charge in [-0.1, -0.05) is 58.0 Å². The third-order valence-electron chi connectivity index (χ3n) is 2.01. The van der Waals surface area contributed by atoms with E-state index in [0.29, 0.717) is 5.56 Å². The summed E-state index contributed by atoms with van der Waals surface area (Å²) in [7, 11) is 0. The lowest BCUT2D eigenvalue weighted by Gasteiger charge is -1.99. The largest absolute Gasteiger partial charge is 0.298 e. The van der Waals surface area contributed by atoms with E-state index in [2.05, 4.69) is 4.98 Å². The SMILES string of the molecule is CC.CC.O=Cc1ccc(-c2ccccn2)cc1. The van der Waals surface area contributed by atoms with Gasteiger partial charge in [0.15, 0.2) is 0 Å². The average Bonchev–Trinajstić information content (AvgIpc) is 2.52. The zero-order valence-corrected chi connectivity index (χ0v) is 11.6. The number of aldehydes is 1. The van der Waals surface area contributed by atoms with Crippen LogP contribution in [0.15, 0.2) is 48.7 Å². The number of carbonyl (C=O) groups excluding carboxylic acids is 1. The number of pyridine rings is 1. The molecule has 2 aromatic rings. The molecule has 0 aliphatic carbocycles. The molecule has 2 nitrogen and oxygen atoms in total. The van der Waals surface area contributed by atoms with E-state index in [1.165, 1.54) is 0 Å². The normalized spacial score (nSPS) is 8.22. The Morgan fingerprint density at radius 3 is 1.94 bits per heavy atom. The molecule has 1 heterocycles. The van der Waals surface area contributed by atoms with Crippen molar-refractivity contribution in [2.45, 2.75) is 27.7 Å². The molecule has 2 rings (SSSR count). The van der Waals surface area contributed by atoms with Crippen LogP contribution in [0.2, 0.25) is 0 Å². The fraction of sp³-hybridized carbons (Fsp3) is 0.250. The van der Waals surface area contributed by atoms with Crippen molar-refractivity contribution in [3.63, 3.8) is 0 Å². The molecule has 0 atom stereocenters. The Labute approximate surface area is 110 Å². The van der Waals surface area contributed by atoms with Crippen LogP contribution < -0.4 is 0 Å². The Morgan fingerprint density at radius 1 is 0.889 bits per heavy atom. The smallest absolute Gasteiger partial charge is 0.150 e. The first-order chi connectivity index (χ1) is 8.90. The van der Waals surface area contributed by atoms with Gasteiger partial charge in [0.05, 0.1) is 5.69 Å². The lowest BCUT2D eigenvalue weighted by Crippen LogP contribution is -1.83. The predicted octanol–water partition coefficient (Wildman–Crippen LogP) is 4.61. The Hall–Kier alpha value is -1.96. The minimum atomic E-state index is 0.685. The highest BCUT2D eigenvalue weighted by Gasteiger charge is 1.96. The maximum absolute atomic E-state index is 10.4. The maximum atomic E-state index is 10.4. The molecule has 18 heavy (non-hydrogen) atoms. The molecule has 2 heteroatoms. The molecule has 0 aliphatic heterocycles. The average molecular weight is 243 g/mol. The molecule has 1 aromatic heterocycles. The second kappa shape index (κ2) is 10.2. The van der Waals surface area contributed by atoms with Gasteiger partial charge in [0.2, 0.25) is 0 Å². The summed E-state index contributed by atoms with van der Waals surface area (Å²) in [4.78, 5) is 14.7. The minimum absolute atomic E-state index is 0.685. The van der Waals surface area contributed by atoms with Crippen LogP contribution in [0.5, 0.6) is 0 Å². The van der Waals surface area contributed by atoms with Crippen molar-refractivity contribution >= 4 is 6.29 Å². The highest BCUT2D eigenvalue weighted by atomic mass is 16.1. The Balaban J connectivity index is 0.000000659. The van der Waals surface area contributed by atoms with E-state index in [4.69, 9.17) is 0 Å². The van der Waals surface area contributed by atoms with E-state index in [0.717, 1.165) is 17.5 Å². The maximum Gasteiger partial charge on any atom is 0.150 e. The highest BCUT2D eigenvalue weighted by molar-refractivity contribution is 5.76. The summed E-state index contributed by atoms with van der Waals surface area (Å²) in [6.07, 6.45) is 2.59. The lowest BCUT2D eigenvalue weighted by atomic mass is 10.1. The van der Waals surface area contributed by atoms with Crippen LogP contribution in [0.25, 0.3) is 11.3 Å². The first kappa shape index (κ1) is 16.0. The summed E-state index contributed by atoms with van der Waals surface area (Å²) in [6.45, 7) is 8.00. The lowest BCUT2D eigenvalue weighted by molar-refractivity contribution is 0.112. The van der Waals surface area contributed by atoms with E-state index in [9.17, 15) is 4.79 Å². The van der Waals surface area contributed by atoms with E-state index in [1.807, 2.05) is 58.0 Å². The molecule has 0 amide bonds. The molecule has 0 aliphatic rings. The van der Waals surface area contributed by atoms with Crippen LogP contribution in [-0.2, 0) is 0 Å². The van der Waals surface area contributed by atoms with Crippen LogP contribution in [-0.4, -0.2) is 11.3 Å². The summed E-state index contributed by atoms with van der Waals surface area (Å²) >= 11 is 0. The summed E-state index contributed by atoms with van der Waals surface area (Å²) in [6, 6.07) is 13.1. The van der Waals surface area contributed by atoms with Gasteiger partial charge in [0.1, 0.15) is 6.29 Å². The topological polar surface area (TPSA) is 30.0 Å². The molecule has 0 radical (unpaired) electrons. The van der Waals surface area contributed by atoms with Crippen molar-refractivity contribution in [1.29, 1.82) is 0 Å². The van der Waals surface area contributed by atoms with Crippen molar-refractivity contribution in [2.24, 2.45) is 0 Å². The zero-order chi connectivity index (χ0) is 13.8. The second-order valence-electron chi connectivity index (χ2n) is 2.95. The molecule has 1 aromatic carbocycles. The van der Waals surface area contributed by atoms with Gasteiger partial charge in [-0.3, -0.25) is 9.78 Å². The quantitative estimate of drug-likeness (QED) is 0.721. The number of carbonyl (C=O) groups is 1. The number of rotatable bonds is 2. The van der Waals surface area contributed by atoms with Gasteiger partial charge in [-0.2, -0.15) is 0 Å². The van der Waals surface area contributed by atoms with Gasteiger partial charge in [-0.05, 0) is 12.1 Å². The standard InChI is InChI=1S/C12H9NO.2C2H6/c14-9-10-4-6-11(7-5-10)12-3-1-2-8-13-12;2*1-2/h1-9H;2*1-2H3. The van der Waals surface area contributed by atoms with Crippen molar-refractivity contribution in [2.75, 3.05) is 0 Å². The summed E-state index contributed by atoms with van der Waals surface area (Å²) in [5.74, 6) is 0. The molecule has 0 unspecified atom stereocenters. The van der Waals surface area contributed by atoms with Gasteiger partial charge >= 0.3 is 0 Å². The molecule has 0 saturated heterocycles. The van der Waals surface area contributed by atoms with Gasteiger partial charge in [-0.25, -0.2) is 0 Å². The Kier molecular flexibility index (Phi) is 9.10. The van der Waals surface area contributed by atoms with Crippen molar-refractivity contribution in [3.8, 4) is 11.3 Å². The molecule has 0 spiro atoms. The number of hydrogen-bond acceptors (Lipinski definition) is 2. The molecular formula is C16H21NO. The van der Waals surface area contributed by atoms with Crippen LogP contribution in [0, 0.1) is 0 Å². The van der Waals surface area contributed by atoms with Crippen LogP contribution >= 0.6 is 0 Å². The first-order valence-electron chi connectivity index (χ1n) is 6.37. The molecule has 0 saturated carbocycles. The number of aromatic nitrogens is 1. The van der Waals surface area contributed by atoms with Crippen LogP contribution in [0.3, 0.4) is 0 Å². The fourth-order valence-corrected chi connectivity index (χ4v) is 1.27. The molecule has 0 N–H and O–H groups in total. The van der Waals surface area contributed by atoms with E-state index >= 15 is 0 Å². The van der Waals surface area contributed by atoms with Crippen molar-refractivity contribution in [3.05, 3.63) is 54.2 Å². The van der Waals surface area contributed by atoms with Crippen molar-refractivity contribution < 1.29 is 4.79 Å². The Morgan fingerprint density at radius 2 is 1.50 bits per heavy atom. The summed E-state index contributed by atoms with van der Waals surface area (Å²) in [5, 5.41) is 0. The van der Waals surface area contributed by atoms with Gasteiger partial charge in [0, 0.05) is 17.3 Å². The van der Waals surface area contributed by atoms with Gasteiger partial charge in [-0.15, -0.1) is 0 Å². The van der Waals surface area contributed by atoms with Gasteiger partial charge in [0.25, 0.3) is 0 Å². The molecule has 96 valence electrons. The van der Waals surface area contributed by atoms with Crippen LogP contribution in [0.4, 0.5) is 0 Å². The summed E-state index contributed by atoms with van der Waals surface area (Å²) < 4.78 is 0. The van der Waals surface area contributed by atoms with Crippen LogP contribution in [0.1, 0.15) is 38.1 Å². The minimum Gasteiger partial charge on any atom is -0.298 e. The molecular weight excluding hydrogens is 222 g/mol. The van der Waals surface area contributed by atoms with E-state index in [1.54, 1.807) is 18.3 Å². The zero-order valence-electron chi connectivity index (χ0n) is 11.6. The second-order valence-corrected chi connectivity index (χ2v) is 2.95. The van der Waals surface area contributed by atoms with Crippen molar-refractivity contribution in [1.82, 2.24) is 4.98 Å². The number of benzene rings is 1. The Bertz CT molecular complexity index is 421. The third kappa shape index (κ3) is 4.91. The molecule has 0 fully saturated rings. The fourth-order valence-electron chi connectivity index (χ4n) is 1.27.